The molecule has 1 rings (SSSR count). The molecule has 1 aromatic carbocycles. The number of hydrogen-bond donors (Lipinski definition) is 3. The summed E-state index contributed by atoms with van der Waals surface area (Å²) in [5.74, 6) is 2.09. The highest BCUT2D eigenvalue weighted by Gasteiger charge is 2.27. The molecule has 146 valence electrons. The number of methoxy groups -OCH3 is 3. The van der Waals surface area contributed by atoms with Crippen molar-refractivity contribution in [3.63, 3.8) is 0 Å². The van der Waals surface area contributed by atoms with E-state index < -0.39 is 5.41 Å². The van der Waals surface area contributed by atoms with E-state index in [0.29, 0.717) is 42.0 Å². The van der Waals surface area contributed by atoms with Gasteiger partial charge in [-0.25, -0.2) is 0 Å². The number of benzene rings is 1. The summed E-state index contributed by atoms with van der Waals surface area (Å²) in [5, 5.41) is 9.16. The molecule has 0 aliphatic heterocycles. The van der Waals surface area contributed by atoms with Crippen LogP contribution in [0.1, 0.15) is 20.8 Å². The van der Waals surface area contributed by atoms with Gasteiger partial charge < -0.3 is 30.2 Å². The van der Waals surface area contributed by atoms with Crippen LogP contribution >= 0.6 is 0 Å². The van der Waals surface area contributed by atoms with Crippen LogP contribution in [0.5, 0.6) is 17.2 Å². The summed E-state index contributed by atoms with van der Waals surface area (Å²) >= 11 is 0. The first-order valence-electron chi connectivity index (χ1n) is 8.38. The first-order chi connectivity index (χ1) is 12.3. The van der Waals surface area contributed by atoms with Crippen LogP contribution in [0.3, 0.4) is 0 Å². The van der Waals surface area contributed by atoms with Gasteiger partial charge in [-0.2, -0.15) is 0 Å². The van der Waals surface area contributed by atoms with Gasteiger partial charge in [0.15, 0.2) is 17.5 Å². The number of ether oxygens (including phenoxy) is 3. The minimum Gasteiger partial charge on any atom is -0.493 e. The molecule has 3 N–H and O–H groups in total. The summed E-state index contributed by atoms with van der Waals surface area (Å²) in [5.41, 5.74) is 0.131. The zero-order valence-corrected chi connectivity index (χ0v) is 16.6. The molecule has 8 heteroatoms. The normalized spacial score (nSPS) is 11.6. The quantitative estimate of drug-likeness (QED) is 0.480. The van der Waals surface area contributed by atoms with E-state index >= 15 is 0 Å². The van der Waals surface area contributed by atoms with Crippen molar-refractivity contribution in [2.45, 2.75) is 20.8 Å². The van der Waals surface area contributed by atoms with Crippen LogP contribution in [-0.4, -0.2) is 53.3 Å². The third kappa shape index (κ3) is 5.44. The molecule has 0 saturated heterocycles. The maximum atomic E-state index is 12.1. The molecule has 1 aromatic rings. The number of guanidine groups is 1. The SMILES string of the molecule is CCNC(=O)C(C)(C)CNC(=NC)Nc1cc(OC)c(OC)c(OC)c1. The molecular weight excluding hydrogens is 336 g/mol. The van der Waals surface area contributed by atoms with E-state index in [4.69, 9.17) is 14.2 Å². The van der Waals surface area contributed by atoms with Crippen molar-refractivity contribution >= 4 is 17.6 Å². The molecule has 26 heavy (non-hydrogen) atoms. The van der Waals surface area contributed by atoms with Crippen LogP contribution < -0.4 is 30.2 Å². The molecule has 0 atom stereocenters. The number of rotatable bonds is 8. The Morgan fingerprint density at radius 3 is 2.08 bits per heavy atom. The van der Waals surface area contributed by atoms with E-state index in [1.165, 1.54) is 0 Å². The number of nitrogens with one attached hydrogen (secondary N) is 3. The Hall–Kier alpha value is -2.64. The van der Waals surface area contributed by atoms with Gasteiger partial charge in [-0.3, -0.25) is 9.79 Å². The smallest absolute Gasteiger partial charge is 0.227 e. The summed E-state index contributed by atoms with van der Waals surface area (Å²) in [6.07, 6.45) is 0. The van der Waals surface area contributed by atoms with Gasteiger partial charge in [0.05, 0.1) is 26.7 Å². The fourth-order valence-electron chi connectivity index (χ4n) is 2.25. The minimum absolute atomic E-state index is 0.0178. The zero-order chi connectivity index (χ0) is 19.7. The summed E-state index contributed by atoms with van der Waals surface area (Å²) in [6.45, 7) is 6.66. The van der Waals surface area contributed by atoms with Gasteiger partial charge in [-0.05, 0) is 20.8 Å². The van der Waals surface area contributed by atoms with Crippen molar-refractivity contribution in [1.82, 2.24) is 10.6 Å². The Kier molecular flexibility index (Phi) is 8.02. The summed E-state index contributed by atoms with van der Waals surface area (Å²) in [4.78, 5) is 16.3. The van der Waals surface area contributed by atoms with Crippen LogP contribution in [0.4, 0.5) is 5.69 Å². The molecule has 0 spiro atoms. The molecule has 0 fully saturated rings. The number of hydrogen-bond acceptors (Lipinski definition) is 5. The molecule has 0 saturated carbocycles. The van der Waals surface area contributed by atoms with E-state index in [9.17, 15) is 4.79 Å². The third-order valence-electron chi connectivity index (χ3n) is 3.80. The standard InChI is InChI=1S/C18H30N4O4/c1-8-20-16(23)18(2,3)11-21-17(19-4)22-12-9-13(24-5)15(26-7)14(10-12)25-6/h9-10H,8,11H2,1-7H3,(H,20,23)(H2,19,21,22). The second kappa shape index (κ2) is 9.74. The zero-order valence-electron chi connectivity index (χ0n) is 16.6. The van der Waals surface area contributed by atoms with Crippen molar-refractivity contribution in [3.8, 4) is 17.2 Å². The van der Waals surface area contributed by atoms with Crippen LogP contribution in [-0.2, 0) is 4.79 Å². The number of carbonyl (C=O) groups is 1. The number of anilines is 1. The van der Waals surface area contributed by atoms with Crippen LogP contribution in [0, 0.1) is 5.41 Å². The highest BCUT2D eigenvalue weighted by molar-refractivity contribution is 5.94. The van der Waals surface area contributed by atoms with Crippen LogP contribution in [0.25, 0.3) is 0 Å². The lowest BCUT2D eigenvalue weighted by atomic mass is 9.92. The first kappa shape index (κ1) is 21.4. The van der Waals surface area contributed by atoms with Crippen molar-refractivity contribution in [2.24, 2.45) is 10.4 Å². The first-order valence-corrected chi connectivity index (χ1v) is 8.38. The molecular formula is C18H30N4O4. The van der Waals surface area contributed by atoms with Gasteiger partial charge in [-0.1, -0.05) is 0 Å². The fraction of sp³-hybridized carbons (Fsp3) is 0.556. The Balaban J connectivity index is 2.90. The predicted molar refractivity (Wildman–Crippen MR) is 104 cm³/mol. The molecule has 0 radical (unpaired) electrons. The number of carbonyl (C=O) groups excluding carboxylic acids is 1. The number of amides is 1. The van der Waals surface area contributed by atoms with Crippen molar-refractivity contribution < 1.29 is 19.0 Å². The highest BCUT2D eigenvalue weighted by Crippen LogP contribution is 2.39. The van der Waals surface area contributed by atoms with E-state index in [-0.39, 0.29) is 5.91 Å². The average Bonchev–Trinajstić information content (AvgIpc) is 2.64. The molecule has 8 nitrogen and oxygen atoms in total. The minimum atomic E-state index is -0.580. The maximum absolute atomic E-state index is 12.1. The fourth-order valence-corrected chi connectivity index (χ4v) is 2.25. The molecule has 0 unspecified atom stereocenters. The molecule has 0 aromatic heterocycles. The molecule has 1 amide bonds. The lowest BCUT2D eigenvalue weighted by Crippen LogP contribution is -2.46. The highest BCUT2D eigenvalue weighted by atomic mass is 16.5. The van der Waals surface area contributed by atoms with Crippen molar-refractivity contribution in [3.05, 3.63) is 12.1 Å². The second-order valence-electron chi connectivity index (χ2n) is 6.21. The molecule has 0 bridgehead atoms. The van der Waals surface area contributed by atoms with Gasteiger partial charge in [0, 0.05) is 38.0 Å². The van der Waals surface area contributed by atoms with E-state index in [0.717, 1.165) is 0 Å². The second-order valence-corrected chi connectivity index (χ2v) is 6.21. The Morgan fingerprint density at radius 2 is 1.65 bits per heavy atom. The Bertz CT molecular complexity index is 619. The summed E-state index contributed by atoms with van der Waals surface area (Å²) in [7, 11) is 6.33. The van der Waals surface area contributed by atoms with Crippen molar-refractivity contribution in [1.29, 1.82) is 0 Å². The van der Waals surface area contributed by atoms with Gasteiger partial charge in [0.2, 0.25) is 11.7 Å². The molecule has 0 aliphatic rings. The van der Waals surface area contributed by atoms with E-state index in [2.05, 4.69) is 20.9 Å². The van der Waals surface area contributed by atoms with Gasteiger partial charge in [0.1, 0.15) is 0 Å². The van der Waals surface area contributed by atoms with Gasteiger partial charge in [-0.15, -0.1) is 0 Å². The monoisotopic (exact) mass is 366 g/mol. The van der Waals surface area contributed by atoms with Crippen molar-refractivity contribution in [2.75, 3.05) is 46.8 Å². The topological polar surface area (TPSA) is 93.2 Å². The lowest BCUT2D eigenvalue weighted by molar-refractivity contribution is -0.128. The largest absolute Gasteiger partial charge is 0.493 e. The molecule has 0 heterocycles. The van der Waals surface area contributed by atoms with E-state index in [1.54, 1.807) is 40.5 Å². The third-order valence-corrected chi connectivity index (χ3v) is 3.80. The van der Waals surface area contributed by atoms with E-state index in [1.807, 2.05) is 20.8 Å². The Morgan fingerprint density at radius 1 is 1.08 bits per heavy atom. The lowest BCUT2D eigenvalue weighted by Gasteiger charge is -2.25. The van der Waals surface area contributed by atoms with Gasteiger partial charge >= 0.3 is 0 Å². The van der Waals surface area contributed by atoms with Crippen LogP contribution in [0.2, 0.25) is 0 Å². The Labute approximate surface area is 155 Å². The number of nitrogens with zero attached hydrogens (tertiary/aromatic N) is 1. The number of aliphatic imine (C=N–C) groups is 1. The summed E-state index contributed by atoms with van der Waals surface area (Å²) < 4.78 is 16.0. The van der Waals surface area contributed by atoms with Gasteiger partial charge in [0.25, 0.3) is 0 Å². The predicted octanol–water partition coefficient (Wildman–Crippen LogP) is 1.86. The summed E-state index contributed by atoms with van der Waals surface area (Å²) in [6, 6.07) is 3.56. The average molecular weight is 366 g/mol. The van der Waals surface area contributed by atoms with Crippen LogP contribution in [0.15, 0.2) is 17.1 Å². The maximum Gasteiger partial charge on any atom is 0.227 e. The molecule has 0 aliphatic carbocycles.